The molecule has 0 fully saturated rings. The molecule has 80 valence electrons. The van der Waals surface area contributed by atoms with Crippen molar-refractivity contribution in [2.75, 3.05) is 0 Å². The Morgan fingerprint density at radius 3 is 2.75 bits per heavy atom. The second-order valence-corrected chi connectivity index (χ2v) is 3.77. The molecule has 0 N–H and O–H groups in total. The predicted molar refractivity (Wildman–Crippen MR) is 65.0 cm³/mol. The van der Waals surface area contributed by atoms with Crippen LogP contribution in [0.25, 0.3) is 11.1 Å². The molecule has 0 aliphatic carbocycles. The number of rotatable bonds is 2. The highest BCUT2D eigenvalue weighted by Crippen LogP contribution is 2.28. The smallest absolute Gasteiger partial charge is 0.0482 e. The van der Waals surface area contributed by atoms with Gasteiger partial charge in [-0.3, -0.25) is 9.97 Å². The van der Waals surface area contributed by atoms with Crippen molar-refractivity contribution < 1.29 is 0 Å². The zero-order valence-electron chi connectivity index (χ0n) is 9.57. The molecule has 2 aromatic rings. The molecule has 0 aliphatic rings. The molecular weight excluding hydrogens is 196 g/mol. The van der Waals surface area contributed by atoms with Crippen LogP contribution in [0.1, 0.15) is 23.7 Å². The minimum absolute atomic E-state index is 0.779. The van der Waals surface area contributed by atoms with E-state index in [1.165, 1.54) is 0 Å². The summed E-state index contributed by atoms with van der Waals surface area (Å²) < 4.78 is 0. The Balaban J connectivity index is 2.68. The quantitative estimate of drug-likeness (QED) is 0.761. The summed E-state index contributed by atoms with van der Waals surface area (Å²) in [6.45, 7) is 10.2. The third kappa shape index (κ3) is 1.83. The monoisotopic (exact) mass is 210 g/mol. The van der Waals surface area contributed by atoms with Gasteiger partial charge in [0, 0.05) is 29.8 Å². The van der Waals surface area contributed by atoms with Crippen LogP contribution in [0.2, 0.25) is 0 Å². The molecule has 0 saturated heterocycles. The van der Waals surface area contributed by atoms with Crippen molar-refractivity contribution in [2.24, 2.45) is 0 Å². The Morgan fingerprint density at radius 1 is 1.25 bits per heavy atom. The van der Waals surface area contributed by atoms with Crippen LogP contribution in [0.3, 0.4) is 0 Å². The molecule has 2 heteroatoms. The van der Waals surface area contributed by atoms with Crippen LogP contribution in [0.5, 0.6) is 0 Å². The van der Waals surface area contributed by atoms with E-state index in [0.717, 1.165) is 34.4 Å². The fourth-order valence-corrected chi connectivity index (χ4v) is 1.85. The van der Waals surface area contributed by atoms with Gasteiger partial charge in [-0.2, -0.15) is 0 Å². The highest BCUT2D eigenvalue weighted by Gasteiger charge is 2.10. The summed E-state index contributed by atoms with van der Waals surface area (Å²) in [5.74, 6) is 0. The maximum absolute atomic E-state index is 6.04. The minimum atomic E-state index is 0.779. The summed E-state index contributed by atoms with van der Waals surface area (Å²) in [5.41, 5.74) is 5.11. The van der Waals surface area contributed by atoms with E-state index < -0.39 is 0 Å². The number of aryl methyl sites for hydroxylation is 2. The molecule has 0 spiro atoms. The van der Waals surface area contributed by atoms with Crippen molar-refractivity contribution in [3.8, 4) is 11.1 Å². The molecule has 0 aliphatic heterocycles. The summed E-state index contributed by atoms with van der Waals surface area (Å²) in [4.78, 5) is 8.47. The van der Waals surface area contributed by atoms with E-state index in [2.05, 4.69) is 16.9 Å². The molecule has 0 aromatic carbocycles. The van der Waals surface area contributed by atoms with E-state index in [1.54, 1.807) is 12.4 Å². The van der Waals surface area contributed by atoms with Crippen molar-refractivity contribution in [2.45, 2.75) is 20.3 Å². The zero-order valence-corrected chi connectivity index (χ0v) is 9.57. The first-order valence-corrected chi connectivity index (χ1v) is 5.38. The molecule has 2 radical (unpaired) electrons. The third-order valence-electron chi connectivity index (χ3n) is 2.69. The van der Waals surface area contributed by atoms with Gasteiger partial charge in [-0.25, -0.2) is 0 Å². The van der Waals surface area contributed by atoms with Crippen molar-refractivity contribution in [1.82, 2.24) is 9.97 Å². The van der Waals surface area contributed by atoms with Gasteiger partial charge in [0.15, 0.2) is 0 Å². The average Bonchev–Trinajstić information content (AvgIpc) is 2.30. The molecule has 0 bridgehead atoms. The second-order valence-electron chi connectivity index (χ2n) is 3.77. The van der Waals surface area contributed by atoms with Crippen molar-refractivity contribution in [3.05, 3.63) is 54.5 Å². The van der Waals surface area contributed by atoms with Gasteiger partial charge in [0.2, 0.25) is 0 Å². The third-order valence-corrected chi connectivity index (χ3v) is 2.69. The van der Waals surface area contributed by atoms with E-state index in [4.69, 9.17) is 6.92 Å². The van der Waals surface area contributed by atoms with E-state index in [9.17, 15) is 0 Å². The van der Waals surface area contributed by atoms with Crippen LogP contribution >= 0.6 is 0 Å². The Morgan fingerprint density at radius 2 is 2.06 bits per heavy atom. The average molecular weight is 210 g/mol. The molecule has 0 amide bonds. The molecule has 0 atom stereocenters. The van der Waals surface area contributed by atoms with E-state index in [-0.39, 0.29) is 0 Å². The van der Waals surface area contributed by atoms with Gasteiger partial charge in [-0.1, -0.05) is 6.92 Å². The van der Waals surface area contributed by atoms with Gasteiger partial charge >= 0.3 is 0 Å². The highest BCUT2D eigenvalue weighted by molar-refractivity contribution is 5.72. The number of pyridine rings is 2. The van der Waals surface area contributed by atoms with Gasteiger partial charge in [0.25, 0.3) is 0 Å². The van der Waals surface area contributed by atoms with Gasteiger partial charge in [0.05, 0.1) is 0 Å². The summed E-state index contributed by atoms with van der Waals surface area (Å²) >= 11 is 0. The topological polar surface area (TPSA) is 25.8 Å². The van der Waals surface area contributed by atoms with Crippen molar-refractivity contribution in [1.29, 1.82) is 0 Å². The first kappa shape index (κ1) is 10.8. The molecule has 2 heterocycles. The summed E-state index contributed by atoms with van der Waals surface area (Å²) in [6, 6.07) is 3.83. The Bertz CT molecular complexity index is 504. The lowest BCUT2D eigenvalue weighted by atomic mass is 9.96. The zero-order chi connectivity index (χ0) is 11.5. The second kappa shape index (κ2) is 4.44. The first-order chi connectivity index (χ1) is 7.74. The standard InChI is InChI=1S/C14H14N2/c1-4-13-14(10(2)5-8-16-13)12-6-7-15-9-11(12)3/h2,5-9H,4H2,1,3H3. The maximum atomic E-state index is 6.04. The predicted octanol–water partition coefficient (Wildman–Crippen LogP) is 3.07. The fourth-order valence-electron chi connectivity index (χ4n) is 1.85. The van der Waals surface area contributed by atoms with E-state index >= 15 is 0 Å². The van der Waals surface area contributed by atoms with Crippen molar-refractivity contribution in [3.63, 3.8) is 0 Å². The van der Waals surface area contributed by atoms with Crippen LogP contribution in [0.15, 0.2) is 30.7 Å². The summed E-state index contributed by atoms with van der Waals surface area (Å²) in [7, 11) is 0. The van der Waals surface area contributed by atoms with Crippen LogP contribution in [0, 0.1) is 13.8 Å². The SMILES string of the molecule is [CH]c1ccnc(CC)c1-c1ccncc1C. The number of aromatic nitrogens is 2. The van der Waals surface area contributed by atoms with Crippen LogP contribution in [0.4, 0.5) is 0 Å². The Hall–Kier alpha value is -1.70. The fraction of sp³-hybridized carbons (Fsp3) is 0.214. The Kier molecular flexibility index (Phi) is 3.00. The normalized spacial score (nSPS) is 10.4. The van der Waals surface area contributed by atoms with E-state index in [0.29, 0.717) is 0 Å². The number of hydrogen-bond acceptors (Lipinski definition) is 2. The van der Waals surface area contributed by atoms with Gasteiger partial charge in [-0.05, 0) is 49.1 Å². The first-order valence-electron chi connectivity index (χ1n) is 5.38. The van der Waals surface area contributed by atoms with Gasteiger partial charge in [0.1, 0.15) is 0 Å². The largest absolute Gasteiger partial charge is 0.264 e. The molecule has 0 unspecified atom stereocenters. The minimum Gasteiger partial charge on any atom is -0.264 e. The molecule has 2 nitrogen and oxygen atoms in total. The van der Waals surface area contributed by atoms with Gasteiger partial charge in [-0.15, -0.1) is 0 Å². The molecule has 2 rings (SSSR count). The maximum Gasteiger partial charge on any atom is 0.0482 e. The number of nitrogens with zero attached hydrogens (tertiary/aromatic N) is 2. The summed E-state index contributed by atoms with van der Waals surface area (Å²) in [5, 5.41) is 0. The van der Waals surface area contributed by atoms with Crippen LogP contribution < -0.4 is 0 Å². The number of hydrogen-bond donors (Lipinski definition) is 0. The lowest BCUT2D eigenvalue weighted by molar-refractivity contribution is 1.03. The molecule has 0 saturated carbocycles. The molecular formula is C14H14N2. The lowest BCUT2D eigenvalue weighted by Gasteiger charge is -2.12. The lowest BCUT2D eigenvalue weighted by Crippen LogP contribution is -1.96. The van der Waals surface area contributed by atoms with Crippen molar-refractivity contribution >= 4 is 0 Å². The van der Waals surface area contributed by atoms with Gasteiger partial charge < -0.3 is 0 Å². The molecule has 2 aromatic heterocycles. The highest BCUT2D eigenvalue weighted by atomic mass is 14.7. The van der Waals surface area contributed by atoms with Crippen LogP contribution in [-0.2, 0) is 6.42 Å². The Labute approximate surface area is 96.4 Å². The molecule has 16 heavy (non-hydrogen) atoms. The van der Waals surface area contributed by atoms with Crippen LogP contribution in [-0.4, -0.2) is 9.97 Å². The summed E-state index contributed by atoms with van der Waals surface area (Å²) in [6.07, 6.45) is 6.27. The van der Waals surface area contributed by atoms with E-state index in [1.807, 2.05) is 25.3 Å².